The van der Waals surface area contributed by atoms with Crippen molar-refractivity contribution in [1.29, 1.82) is 0 Å². The van der Waals surface area contributed by atoms with E-state index < -0.39 is 0 Å². The van der Waals surface area contributed by atoms with Crippen molar-refractivity contribution in [3.8, 4) is 11.5 Å². The largest absolute Gasteiger partial charge is 0.493 e. The Morgan fingerprint density at radius 2 is 1.81 bits per heavy atom. The normalized spacial score (nSPS) is 23.5. The summed E-state index contributed by atoms with van der Waals surface area (Å²) in [6.45, 7) is 10.2. The van der Waals surface area contributed by atoms with Gasteiger partial charge in [0.1, 0.15) is 0 Å². The van der Waals surface area contributed by atoms with Gasteiger partial charge < -0.3 is 14.8 Å². The maximum atomic E-state index is 5.47. The molecule has 0 spiro atoms. The van der Waals surface area contributed by atoms with E-state index in [0.29, 0.717) is 12.0 Å². The van der Waals surface area contributed by atoms with E-state index in [1.54, 1.807) is 14.2 Å². The Kier molecular flexibility index (Phi) is 4.82. The summed E-state index contributed by atoms with van der Waals surface area (Å²) in [4.78, 5) is 0. The summed E-state index contributed by atoms with van der Waals surface area (Å²) in [5.41, 5.74) is 2.96. The van der Waals surface area contributed by atoms with Gasteiger partial charge in [-0.3, -0.25) is 0 Å². The minimum Gasteiger partial charge on any atom is -0.493 e. The molecule has 2 atom stereocenters. The molecule has 1 aliphatic rings. The molecule has 0 bridgehead atoms. The van der Waals surface area contributed by atoms with Crippen LogP contribution in [0.4, 0.5) is 0 Å². The van der Waals surface area contributed by atoms with Crippen LogP contribution in [0.15, 0.2) is 12.1 Å². The standard InChI is InChI=1S/C18H29NO2/c1-7-8-19-17-11-14(18(17,3)4)13-10-16(21-6)15(20-5)9-12(13)2/h9-10,14,17,19H,7-8,11H2,1-6H3. The SMILES string of the molecule is CCCNC1CC(c2cc(OC)c(OC)cc2C)C1(C)C. The minimum absolute atomic E-state index is 0.277. The molecule has 3 heteroatoms. The number of ether oxygens (including phenoxy) is 2. The third-order valence-corrected chi connectivity index (χ3v) is 5.06. The van der Waals surface area contributed by atoms with Crippen LogP contribution in [0.2, 0.25) is 0 Å². The second-order valence-electron chi connectivity index (χ2n) is 6.68. The van der Waals surface area contributed by atoms with Crippen molar-refractivity contribution in [2.45, 2.75) is 52.5 Å². The van der Waals surface area contributed by atoms with Crippen LogP contribution >= 0.6 is 0 Å². The fraction of sp³-hybridized carbons (Fsp3) is 0.667. The molecule has 1 aromatic rings. The van der Waals surface area contributed by atoms with Crippen LogP contribution in [0.1, 0.15) is 50.7 Å². The summed E-state index contributed by atoms with van der Waals surface area (Å²) in [5.74, 6) is 2.22. The quantitative estimate of drug-likeness (QED) is 0.862. The summed E-state index contributed by atoms with van der Waals surface area (Å²) in [7, 11) is 3.39. The number of hydrogen-bond acceptors (Lipinski definition) is 3. The highest BCUT2D eigenvalue weighted by Crippen LogP contribution is 2.54. The molecule has 1 N–H and O–H groups in total. The maximum absolute atomic E-state index is 5.47. The molecule has 0 heterocycles. The second kappa shape index (κ2) is 6.27. The Morgan fingerprint density at radius 1 is 1.19 bits per heavy atom. The Bertz CT molecular complexity index is 496. The van der Waals surface area contributed by atoms with Crippen LogP contribution in [-0.2, 0) is 0 Å². The third kappa shape index (κ3) is 2.89. The molecule has 1 aromatic carbocycles. The molecule has 0 aromatic heterocycles. The van der Waals surface area contributed by atoms with Crippen molar-refractivity contribution in [2.24, 2.45) is 5.41 Å². The fourth-order valence-corrected chi connectivity index (χ4v) is 3.49. The number of benzene rings is 1. The summed E-state index contributed by atoms with van der Waals surface area (Å²) in [6.07, 6.45) is 2.38. The Hall–Kier alpha value is -1.22. The molecule has 3 nitrogen and oxygen atoms in total. The van der Waals surface area contributed by atoms with E-state index >= 15 is 0 Å². The van der Waals surface area contributed by atoms with Crippen LogP contribution in [0.5, 0.6) is 11.5 Å². The van der Waals surface area contributed by atoms with E-state index in [2.05, 4.69) is 45.1 Å². The summed E-state index contributed by atoms with van der Waals surface area (Å²) < 4.78 is 10.9. The zero-order valence-corrected chi connectivity index (χ0v) is 14.2. The van der Waals surface area contributed by atoms with E-state index in [0.717, 1.165) is 18.0 Å². The van der Waals surface area contributed by atoms with Gasteiger partial charge in [-0.2, -0.15) is 0 Å². The second-order valence-corrected chi connectivity index (χ2v) is 6.68. The average Bonchev–Trinajstić information content (AvgIpc) is 2.47. The molecule has 1 aliphatic carbocycles. The average molecular weight is 291 g/mol. The van der Waals surface area contributed by atoms with Gasteiger partial charge in [-0.25, -0.2) is 0 Å². The van der Waals surface area contributed by atoms with Crippen LogP contribution in [-0.4, -0.2) is 26.8 Å². The van der Waals surface area contributed by atoms with E-state index in [-0.39, 0.29) is 5.41 Å². The maximum Gasteiger partial charge on any atom is 0.161 e. The smallest absolute Gasteiger partial charge is 0.161 e. The molecule has 21 heavy (non-hydrogen) atoms. The van der Waals surface area contributed by atoms with Crippen LogP contribution in [0, 0.1) is 12.3 Å². The van der Waals surface area contributed by atoms with Gasteiger partial charge in [0.15, 0.2) is 11.5 Å². The highest BCUT2D eigenvalue weighted by Gasteiger charge is 2.48. The first-order valence-electron chi connectivity index (χ1n) is 7.91. The van der Waals surface area contributed by atoms with Gasteiger partial charge in [-0.05, 0) is 60.9 Å². The molecule has 118 valence electrons. The van der Waals surface area contributed by atoms with Gasteiger partial charge in [0.25, 0.3) is 0 Å². The molecule has 0 radical (unpaired) electrons. The fourth-order valence-electron chi connectivity index (χ4n) is 3.49. The lowest BCUT2D eigenvalue weighted by atomic mass is 9.56. The zero-order valence-electron chi connectivity index (χ0n) is 14.2. The molecule has 2 rings (SSSR count). The summed E-state index contributed by atoms with van der Waals surface area (Å²) >= 11 is 0. The molecule has 0 amide bonds. The molecule has 0 saturated heterocycles. The molecular formula is C18H29NO2. The monoisotopic (exact) mass is 291 g/mol. The number of rotatable bonds is 6. The Morgan fingerprint density at radius 3 is 2.33 bits per heavy atom. The van der Waals surface area contributed by atoms with Crippen molar-refractivity contribution in [3.63, 3.8) is 0 Å². The Balaban J connectivity index is 2.24. The third-order valence-electron chi connectivity index (χ3n) is 5.06. The number of methoxy groups -OCH3 is 2. The van der Waals surface area contributed by atoms with Gasteiger partial charge >= 0.3 is 0 Å². The highest BCUT2D eigenvalue weighted by molar-refractivity contribution is 5.49. The summed E-state index contributed by atoms with van der Waals surface area (Å²) in [5, 5.41) is 3.67. The minimum atomic E-state index is 0.277. The lowest BCUT2D eigenvalue weighted by Gasteiger charge is -2.53. The van der Waals surface area contributed by atoms with Gasteiger partial charge in [-0.1, -0.05) is 20.8 Å². The van der Waals surface area contributed by atoms with Gasteiger partial charge in [0.2, 0.25) is 0 Å². The molecule has 2 unspecified atom stereocenters. The van der Waals surface area contributed by atoms with Crippen molar-refractivity contribution in [3.05, 3.63) is 23.3 Å². The first-order valence-corrected chi connectivity index (χ1v) is 7.91. The lowest BCUT2D eigenvalue weighted by molar-refractivity contribution is 0.0689. The number of aryl methyl sites for hydroxylation is 1. The van der Waals surface area contributed by atoms with Crippen LogP contribution < -0.4 is 14.8 Å². The van der Waals surface area contributed by atoms with Crippen molar-refractivity contribution in [1.82, 2.24) is 5.32 Å². The Labute approximate surface area is 129 Å². The van der Waals surface area contributed by atoms with Crippen LogP contribution in [0.25, 0.3) is 0 Å². The number of nitrogens with one attached hydrogen (secondary N) is 1. The molecule has 1 fully saturated rings. The highest BCUT2D eigenvalue weighted by atomic mass is 16.5. The van der Waals surface area contributed by atoms with Crippen LogP contribution in [0.3, 0.4) is 0 Å². The predicted octanol–water partition coefficient (Wildman–Crippen LogP) is 3.89. The van der Waals surface area contributed by atoms with Crippen molar-refractivity contribution >= 4 is 0 Å². The van der Waals surface area contributed by atoms with Crippen molar-refractivity contribution in [2.75, 3.05) is 20.8 Å². The zero-order chi connectivity index (χ0) is 15.6. The van der Waals surface area contributed by atoms with E-state index in [4.69, 9.17) is 9.47 Å². The molecule has 0 aliphatic heterocycles. The van der Waals surface area contributed by atoms with Gasteiger partial charge in [0.05, 0.1) is 14.2 Å². The predicted molar refractivity (Wildman–Crippen MR) is 87.5 cm³/mol. The lowest BCUT2D eigenvalue weighted by Crippen LogP contribution is -2.55. The molecular weight excluding hydrogens is 262 g/mol. The first-order chi connectivity index (χ1) is 9.95. The van der Waals surface area contributed by atoms with Gasteiger partial charge in [0, 0.05) is 6.04 Å². The summed E-state index contributed by atoms with van der Waals surface area (Å²) in [6, 6.07) is 4.86. The van der Waals surface area contributed by atoms with Gasteiger partial charge in [-0.15, -0.1) is 0 Å². The number of hydrogen-bond donors (Lipinski definition) is 1. The van der Waals surface area contributed by atoms with E-state index in [9.17, 15) is 0 Å². The first kappa shape index (κ1) is 16.2. The topological polar surface area (TPSA) is 30.5 Å². The van der Waals surface area contributed by atoms with Crippen molar-refractivity contribution < 1.29 is 9.47 Å². The van der Waals surface area contributed by atoms with E-state index in [1.807, 2.05) is 0 Å². The van der Waals surface area contributed by atoms with E-state index in [1.165, 1.54) is 24.0 Å². The molecule has 1 saturated carbocycles.